The highest BCUT2D eigenvalue weighted by Crippen LogP contribution is 2.19. The fourth-order valence-electron chi connectivity index (χ4n) is 10.3. The molecule has 3 N–H and O–H groups in total. The van der Waals surface area contributed by atoms with Crippen molar-refractivity contribution in [2.45, 2.75) is 373 Å². The van der Waals surface area contributed by atoms with Crippen molar-refractivity contribution in [1.82, 2.24) is 5.32 Å². The van der Waals surface area contributed by atoms with Crippen molar-refractivity contribution >= 4 is 5.91 Å². The Hall–Kier alpha value is -1.39. The molecule has 0 aromatic rings. The molecule has 4 heteroatoms. The highest BCUT2D eigenvalue weighted by molar-refractivity contribution is 5.76. The van der Waals surface area contributed by atoms with Gasteiger partial charge in [-0.05, 0) is 51.4 Å². The molecule has 0 aliphatic carbocycles. The minimum atomic E-state index is -0.660. The quantitative estimate of drug-likeness (QED) is 0.0420. The normalized spacial score (nSPS) is 12.9. The minimum absolute atomic E-state index is 0.0253. The Kier molecular flexibility index (Phi) is 60.7. The largest absolute Gasteiger partial charge is 0.394 e. The summed E-state index contributed by atoms with van der Waals surface area (Å²) in [5.74, 6) is -0.0253. The van der Waals surface area contributed by atoms with Crippen molar-refractivity contribution in [2.75, 3.05) is 6.61 Å². The predicted octanol–water partition coefficient (Wildman–Crippen LogP) is 21.6. The number of nitrogens with one attached hydrogen (secondary N) is 1. The smallest absolute Gasteiger partial charge is 0.220 e. The molecule has 2 unspecified atom stereocenters. The Morgan fingerprint density at radius 2 is 0.586 bits per heavy atom. The van der Waals surface area contributed by atoms with Crippen LogP contribution < -0.4 is 5.32 Å². The topological polar surface area (TPSA) is 69.6 Å². The van der Waals surface area contributed by atoms with Crippen LogP contribution in [-0.4, -0.2) is 34.9 Å². The first-order valence-electron chi connectivity index (χ1n) is 32.2. The number of carbonyl (C=O) groups is 1. The van der Waals surface area contributed by atoms with Gasteiger partial charge in [0, 0.05) is 6.42 Å². The molecular weight excluding hydrogens is 855 g/mol. The molecule has 0 aliphatic heterocycles. The first kappa shape index (κ1) is 68.6. The molecule has 4 nitrogen and oxygen atoms in total. The molecule has 0 heterocycles. The lowest BCUT2D eigenvalue weighted by molar-refractivity contribution is -0.123. The van der Waals surface area contributed by atoms with Gasteiger partial charge in [0.05, 0.1) is 18.8 Å². The Balaban J connectivity index is 3.42. The second-order valence-electron chi connectivity index (χ2n) is 22.2. The Labute approximate surface area is 440 Å². The van der Waals surface area contributed by atoms with E-state index in [1.165, 1.54) is 295 Å². The van der Waals surface area contributed by atoms with Gasteiger partial charge in [-0.1, -0.05) is 339 Å². The summed E-state index contributed by atoms with van der Waals surface area (Å²) >= 11 is 0. The van der Waals surface area contributed by atoms with E-state index in [9.17, 15) is 15.0 Å². The molecule has 70 heavy (non-hydrogen) atoms. The van der Waals surface area contributed by atoms with Gasteiger partial charge in [0.1, 0.15) is 0 Å². The van der Waals surface area contributed by atoms with Crippen LogP contribution in [0.3, 0.4) is 0 Å². The summed E-state index contributed by atoms with van der Waals surface area (Å²) in [6.45, 7) is 4.39. The van der Waals surface area contributed by atoms with E-state index >= 15 is 0 Å². The summed E-state index contributed by atoms with van der Waals surface area (Å²) in [5, 5.41) is 23.4. The zero-order valence-electron chi connectivity index (χ0n) is 47.8. The maximum Gasteiger partial charge on any atom is 0.220 e. The van der Waals surface area contributed by atoms with Crippen LogP contribution in [0.5, 0.6) is 0 Å². The first-order chi connectivity index (χ1) is 34.7. The minimum Gasteiger partial charge on any atom is -0.394 e. The Morgan fingerprint density at radius 3 is 0.871 bits per heavy atom. The van der Waals surface area contributed by atoms with Crippen molar-refractivity contribution in [3.05, 3.63) is 36.5 Å². The van der Waals surface area contributed by atoms with Crippen molar-refractivity contribution in [3.8, 4) is 0 Å². The average Bonchev–Trinajstić information content (AvgIpc) is 3.36. The second-order valence-corrected chi connectivity index (χ2v) is 22.2. The third-order valence-electron chi connectivity index (χ3n) is 15.2. The van der Waals surface area contributed by atoms with E-state index in [4.69, 9.17) is 0 Å². The number of hydrogen-bond acceptors (Lipinski definition) is 3. The van der Waals surface area contributed by atoms with Crippen LogP contribution in [0.1, 0.15) is 361 Å². The second kappa shape index (κ2) is 61.9. The van der Waals surface area contributed by atoms with Crippen LogP contribution in [0.25, 0.3) is 0 Å². The van der Waals surface area contributed by atoms with E-state index in [0.717, 1.165) is 38.5 Å². The number of carbonyl (C=O) groups excluding carboxylic acids is 1. The Morgan fingerprint density at radius 1 is 0.343 bits per heavy atom. The van der Waals surface area contributed by atoms with Gasteiger partial charge in [-0.25, -0.2) is 0 Å². The number of aliphatic hydroxyl groups is 2. The van der Waals surface area contributed by atoms with E-state index in [-0.39, 0.29) is 12.5 Å². The number of hydrogen-bond donors (Lipinski definition) is 3. The van der Waals surface area contributed by atoms with Gasteiger partial charge in [0.25, 0.3) is 0 Å². The summed E-state index contributed by atoms with van der Waals surface area (Å²) in [6.07, 6.45) is 84.5. The van der Waals surface area contributed by atoms with Crippen LogP contribution in [-0.2, 0) is 4.79 Å². The number of aliphatic hydroxyl groups excluding tert-OH is 2. The van der Waals surface area contributed by atoms with Crippen molar-refractivity contribution in [2.24, 2.45) is 0 Å². The van der Waals surface area contributed by atoms with Gasteiger partial charge >= 0.3 is 0 Å². The summed E-state index contributed by atoms with van der Waals surface area (Å²) in [7, 11) is 0. The molecule has 0 spiro atoms. The van der Waals surface area contributed by atoms with Crippen LogP contribution >= 0.6 is 0 Å². The predicted molar refractivity (Wildman–Crippen MR) is 313 cm³/mol. The van der Waals surface area contributed by atoms with Gasteiger partial charge in [0.15, 0.2) is 0 Å². The molecule has 0 aliphatic rings. The zero-order valence-corrected chi connectivity index (χ0v) is 47.8. The standard InChI is InChI=1S/C66H127NO3/c1-3-5-7-9-11-13-15-17-19-21-23-25-27-29-31-32-33-34-36-38-40-42-44-46-48-50-52-54-56-58-60-62-66(70)67-64(63-68)65(69)61-59-57-55-53-51-49-47-45-43-41-39-37-35-30-28-26-24-22-20-18-16-14-12-10-8-6-4-2/h15,17,21,23,27,29,64-65,68-69H,3-14,16,18-20,22,24-26,28,30-63H2,1-2H3,(H,67,70)/b17-15-,23-21-,29-27-. The fourth-order valence-corrected chi connectivity index (χ4v) is 10.3. The van der Waals surface area contributed by atoms with Crippen molar-refractivity contribution in [3.63, 3.8) is 0 Å². The molecule has 0 bridgehead atoms. The number of allylic oxidation sites excluding steroid dienone is 6. The first-order valence-corrected chi connectivity index (χ1v) is 32.2. The highest BCUT2D eigenvalue weighted by atomic mass is 16.3. The molecule has 0 radical (unpaired) electrons. The lowest BCUT2D eigenvalue weighted by Gasteiger charge is -2.22. The summed E-state index contributed by atoms with van der Waals surface area (Å²) in [4.78, 5) is 12.5. The monoisotopic (exact) mass is 982 g/mol. The molecule has 414 valence electrons. The van der Waals surface area contributed by atoms with Crippen LogP contribution in [0.2, 0.25) is 0 Å². The van der Waals surface area contributed by atoms with Crippen LogP contribution in [0.15, 0.2) is 36.5 Å². The van der Waals surface area contributed by atoms with Gasteiger partial charge < -0.3 is 15.5 Å². The summed E-state index contributed by atoms with van der Waals surface area (Å²) in [5.41, 5.74) is 0. The zero-order chi connectivity index (χ0) is 50.6. The molecular formula is C66H127NO3. The van der Waals surface area contributed by atoms with Crippen LogP contribution in [0.4, 0.5) is 0 Å². The van der Waals surface area contributed by atoms with E-state index in [2.05, 4.69) is 55.6 Å². The molecule has 0 fully saturated rings. The van der Waals surface area contributed by atoms with Gasteiger partial charge in [-0.2, -0.15) is 0 Å². The molecule has 2 atom stereocenters. The maximum atomic E-state index is 12.5. The highest BCUT2D eigenvalue weighted by Gasteiger charge is 2.20. The molecule has 1 amide bonds. The summed E-state index contributed by atoms with van der Waals surface area (Å²) < 4.78 is 0. The average molecular weight is 983 g/mol. The third-order valence-corrected chi connectivity index (χ3v) is 15.2. The lowest BCUT2D eigenvalue weighted by atomic mass is 10.0. The number of unbranched alkanes of at least 4 members (excludes halogenated alkanes) is 47. The van der Waals surface area contributed by atoms with E-state index in [1.807, 2.05) is 0 Å². The fraction of sp³-hybridized carbons (Fsp3) is 0.894. The van der Waals surface area contributed by atoms with Crippen LogP contribution in [0, 0.1) is 0 Å². The molecule has 0 aromatic heterocycles. The van der Waals surface area contributed by atoms with E-state index < -0.39 is 12.1 Å². The lowest BCUT2D eigenvalue weighted by Crippen LogP contribution is -2.45. The number of amides is 1. The number of rotatable bonds is 60. The summed E-state index contributed by atoms with van der Waals surface area (Å²) in [6, 6.07) is -0.537. The maximum absolute atomic E-state index is 12.5. The molecule has 0 rings (SSSR count). The van der Waals surface area contributed by atoms with Crippen molar-refractivity contribution < 1.29 is 15.0 Å². The van der Waals surface area contributed by atoms with E-state index in [0.29, 0.717) is 12.8 Å². The van der Waals surface area contributed by atoms with Crippen molar-refractivity contribution in [1.29, 1.82) is 0 Å². The van der Waals surface area contributed by atoms with Gasteiger partial charge in [-0.15, -0.1) is 0 Å². The molecule has 0 saturated carbocycles. The Bertz CT molecular complexity index is 1070. The third kappa shape index (κ3) is 57.5. The van der Waals surface area contributed by atoms with Gasteiger partial charge in [0.2, 0.25) is 5.91 Å². The molecule has 0 aromatic carbocycles. The van der Waals surface area contributed by atoms with E-state index in [1.54, 1.807) is 0 Å². The SMILES string of the molecule is CCCCCCC/C=C\C/C=C\C/C=C\CCCCCCCCCCCCCCCCCCC(=O)NC(CO)C(O)CCCCCCCCCCCCCCCCCCCCCCCCCCCCC. The van der Waals surface area contributed by atoms with Gasteiger partial charge in [-0.3, -0.25) is 4.79 Å². The molecule has 0 saturated heterocycles.